The Balaban J connectivity index is 1.86. The normalized spacial score (nSPS) is 11.6. The van der Waals surface area contributed by atoms with Gasteiger partial charge in [-0.1, -0.05) is 6.07 Å². The first-order chi connectivity index (χ1) is 13.4. The SMILES string of the molecule is Fc1ccc(-c2cc(C(F)(F)F)nc(-c3ccnc(-c4cccs4)c3)n2)cc1. The number of hydrogen-bond acceptors (Lipinski definition) is 4. The first-order valence-electron chi connectivity index (χ1n) is 8.13. The third-order valence-electron chi connectivity index (χ3n) is 3.95. The van der Waals surface area contributed by atoms with E-state index in [0.717, 1.165) is 10.9 Å². The number of nitrogens with zero attached hydrogens (tertiary/aromatic N) is 3. The zero-order valence-electron chi connectivity index (χ0n) is 14.1. The quantitative estimate of drug-likeness (QED) is 0.390. The predicted molar refractivity (Wildman–Crippen MR) is 99.0 cm³/mol. The molecule has 0 amide bonds. The third kappa shape index (κ3) is 3.77. The lowest BCUT2D eigenvalue weighted by Gasteiger charge is -2.11. The summed E-state index contributed by atoms with van der Waals surface area (Å²) in [6.45, 7) is 0. The van der Waals surface area contributed by atoms with E-state index >= 15 is 0 Å². The summed E-state index contributed by atoms with van der Waals surface area (Å²) >= 11 is 1.47. The predicted octanol–water partition coefficient (Wildman–Crippen LogP) is 6.09. The van der Waals surface area contributed by atoms with E-state index in [-0.39, 0.29) is 11.5 Å². The van der Waals surface area contributed by atoms with E-state index in [2.05, 4.69) is 15.0 Å². The Morgan fingerprint density at radius 2 is 1.61 bits per heavy atom. The highest BCUT2D eigenvalue weighted by Crippen LogP contribution is 2.33. The van der Waals surface area contributed by atoms with Crippen LogP contribution < -0.4 is 0 Å². The summed E-state index contributed by atoms with van der Waals surface area (Å²) in [5, 5.41) is 1.89. The molecule has 3 aromatic heterocycles. The van der Waals surface area contributed by atoms with Crippen molar-refractivity contribution in [2.45, 2.75) is 6.18 Å². The Kier molecular flexibility index (Phi) is 4.64. The lowest BCUT2D eigenvalue weighted by Crippen LogP contribution is -2.10. The second kappa shape index (κ2) is 7.12. The Labute approximate surface area is 161 Å². The summed E-state index contributed by atoms with van der Waals surface area (Å²) in [6.07, 6.45) is -3.14. The van der Waals surface area contributed by atoms with E-state index in [0.29, 0.717) is 16.8 Å². The second-order valence-electron chi connectivity index (χ2n) is 5.87. The molecule has 0 spiro atoms. The minimum absolute atomic E-state index is 0.0619. The summed E-state index contributed by atoms with van der Waals surface area (Å²) in [7, 11) is 0. The van der Waals surface area contributed by atoms with Crippen LogP contribution in [0.2, 0.25) is 0 Å². The zero-order chi connectivity index (χ0) is 19.7. The molecule has 0 atom stereocenters. The second-order valence-corrected chi connectivity index (χ2v) is 6.82. The maximum Gasteiger partial charge on any atom is 0.433 e. The maximum absolute atomic E-state index is 13.4. The van der Waals surface area contributed by atoms with Gasteiger partial charge in [-0.3, -0.25) is 4.98 Å². The summed E-state index contributed by atoms with van der Waals surface area (Å²) in [4.78, 5) is 13.1. The third-order valence-corrected chi connectivity index (χ3v) is 4.84. The molecule has 0 radical (unpaired) electrons. The van der Waals surface area contributed by atoms with Gasteiger partial charge < -0.3 is 0 Å². The first kappa shape index (κ1) is 18.2. The van der Waals surface area contributed by atoms with E-state index in [9.17, 15) is 17.6 Å². The van der Waals surface area contributed by atoms with Crippen LogP contribution in [0.1, 0.15) is 5.69 Å². The minimum atomic E-state index is -4.64. The van der Waals surface area contributed by atoms with Gasteiger partial charge in [-0.05, 0) is 53.9 Å². The van der Waals surface area contributed by atoms with Crippen LogP contribution in [0.25, 0.3) is 33.2 Å². The van der Waals surface area contributed by atoms with Crippen LogP contribution in [-0.2, 0) is 6.18 Å². The number of pyridine rings is 1. The van der Waals surface area contributed by atoms with Crippen molar-refractivity contribution in [1.82, 2.24) is 15.0 Å². The highest BCUT2D eigenvalue weighted by molar-refractivity contribution is 7.13. The van der Waals surface area contributed by atoms with Gasteiger partial charge in [0.05, 0.1) is 16.3 Å². The fourth-order valence-electron chi connectivity index (χ4n) is 2.62. The number of rotatable bonds is 3. The molecule has 3 heterocycles. The number of alkyl halides is 3. The smallest absolute Gasteiger partial charge is 0.255 e. The van der Waals surface area contributed by atoms with Crippen molar-refractivity contribution in [1.29, 1.82) is 0 Å². The molecule has 0 saturated carbocycles. The van der Waals surface area contributed by atoms with Gasteiger partial charge in [0.25, 0.3) is 0 Å². The fourth-order valence-corrected chi connectivity index (χ4v) is 3.31. The van der Waals surface area contributed by atoms with Crippen molar-refractivity contribution in [2.75, 3.05) is 0 Å². The largest absolute Gasteiger partial charge is 0.433 e. The number of thiophene rings is 1. The van der Waals surface area contributed by atoms with E-state index in [1.54, 1.807) is 12.1 Å². The summed E-state index contributed by atoms with van der Waals surface area (Å²) in [5.41, 5.74) is 0.394. The van der Waals surface area contributed by atoms with Gasteiger partial charge in [0.2, 0.25) is 0 Å². The molecule has 1 aromatic carbocycles. The van der Waals surface area contributed by atoms with E-state index < -0.39 is 17.7 Å². The molecule has 0 bridgehead atoms. The molecule has 4 aromatic rings. The van der Waals surface area contributed by atoms with Gasteiger partial charge in [-0.2, -0.15) is 13.2 Å². The van der Waals surface area contributed by atoms with Gasteiger partial charge in [-0.25, -0.2) is 14.4 Å². The molecule has 0 aliphatic rings. The maximum atomic E-state index is 13.4. The monoisotopic (exact) mass is 401 g/mol. The molecule has 3 nitrogen and oxygen atoms in total. The van der Waals surface area contributed by atoms with Crippen LogP contribution >= 0.6 is 11.3 Å². The minimum Gasteiger partial charge on any atom is -0.255 e. The molecule has 0 aliphatic heterocycles. The Morgan fingerprint density at radius 3 is 2.29 bits per heavy atom. The molecule has 0 aliphatic carbocycles. The van der Waals surface area contributed by atoms with Crippen LogP contribution in [0.3, 0.4) is 0 Å². The summed E-state index contributed by atoms with van der Waals surface area (Å²) in [5.74, 6) is -0.557. The van der Waals surface area contributed by atoms with Crippen LogP contribution in [0, 0.1) is 5.82 Å². The lowest BCUT2D eigenvalue weighted by atomic mass is 10.1. The molecular weight excluding hydrogens is 390 g/mol. The van der Waals surface area contributed by atoms with Crippen LogP contribution in [0.15, 0.2) is 66.2 Å². The van der Waals surface area contributed by atoms with Crippen molar-refractivity contribution < 1.29 is 17.6 Å². The Hall–Kier alpha value is -3.13. The average Bonchev–Trinajstić information content (AvgIpc) is 3.22. The highest BCUT2D eigenvalue weighted by Gasteiger charge is 2.34. The number of benzene rings is 1. The molecule has 0 fully saturated rings. The summed E-state index contributed by atoms with van der Waals surface area (Å²) in [6, 6.07) is 12.9. The van der Waals surface area contributed by atoms with Crippen molar-refractivity contribution in [3.05, 3.63) is 77.7 Å². The average molecular weight is 401 g/mol. The highest BCUT2D eigenvalue weighted by atomic mass is 32.1. The topological polar surface area (TPSA) is 38.7 Å². The van der Waals surface area contributed by atoms with E-state index in [4.69, 9.17) is 0 Å². The molecule has 0 unspecified atom stereocenters. The standard InChI is InChI=1S/C20H11F4N3S/c21-14-5-3-12(4-6-14)15-11-18(20(22,23)24)27-19(26-15)13-7-8-25-16(10-13)17-2-1-9-28-17/h1-11H. The first-order valence-corrected chi connectivity index (χ1v) is 9.01. The van der Waals surface area contributed by atoms with Crippen LogP contribution in [0.5, 0.6) is 0 Å². The van der Waals surface area contributed by atoms with Gasteiger partial charge in [-0.15, -0.1) is 11.3 Å². The molecule has 0 saturated heterocycles. The lowest BCUT2D eigenvalue weighted by molar-refractivity contribution is -0.141. The van der Waals surface area contributed by atoms with Crippen LogP contribution in [0.4, 0.5) is 17.6 Å². The number of halogens is 4. The molecule has 0 N–H and O–H groups in total. The molecule has 28 heavy (non-hydrogen) atoms. The molecule has 140 valence electrons. The van der Waals surface area contributed by atoms with Crippen molar-refractivity contribution in [2.24, 2.45) is 0 Å². The molecule has 4 rings (SSSR count). The van der Waals surface area contributed by atoms with E-state index in [1.165, 1.54) is 41.8 Å². The van der Waals surface area contributed by atoms with Gasteiger partial charge in [0, 0.05) is 17.3 Å². The Bertz CT molecular complexity index is 1110. The van der Waals surface area contributed by atoms with Gasteiger partial charge in [0.1, 0.15) is 11.5 Å². The van der Waals surface area contributed by atoms with Gasteiger partial charge >= 0.3 is 6.18 Å². The zero-order valence-corrected chi connectivity index (χ0v) is 14.9. The van der Waals surface area contributed by atoms with Crippen LogP contribution in [-0.4, -0.2) is 15.0 Å². The molecular formula is C20H11F4N3S. The molecule has 8 heteroatoms. The van der Waals surface area contributed by atoms with Gasteiger partial charge in [0.15, 0.2) is 5.82 Å². The number of aromatic nitrogens is 3. The Morgan fingerprint density at radius 1 is 0.821 bits per heavy atom. The van der Waals surface area contributed by atoms with Crippen molar-refractivity contribution in [3.8, 4) is 33.2 Å². The number of hydrogen-bond donors (Lipinski definition) is 0. The van der Waals surface area contributed by atoms with Crippen molar-refractivity contribution >= 4 is 11.3 Å². The fraction of sp³-hybridized carbons (Fsp3) is 0.0500. The van der Waals surface area contributed by atoms with Crippen molar-refractivity contribution in [3.63, 3.8) is 0 Å². The summed E-state index contributed by atoms with van der Waals surface area (Å²) < 4.78 is 53.3. The van der Waals surface area contributed by atoms with E-state index in [1.807, 2.05) is 17.5 Å².